The molecule has 0 aliphatic carbocycles. The van der Waals surface area contributed by atoms with E-state index in [9.17, 15) is 0 Å². The van der Waals surface area contributed by atoms with Crippen LogP contribution in [0.1, 0.15) is 13.3 Å². The van der Waals surface area contributed by atoms with Crippen LogP contribution in [0.2, 0.25) is 0 Å². The maximum Gasteiger partial charge on any atom is 0.0506 e. The highest BCUT2D eigenvalue weighted by Gasteiger charge is 2.16. The number of hydrogen-bond donors (Lipinski definition) is 1. The van der Waals surface area contributed by atoms with Gasteiger partial charge in [0.05, 0.1) is 6.61 Å². The standard InChI is InChI=1S/C6H13NO/c1-5-4-8-3-2-6(5)7/h5-6H,2-4,7H2,1H3/t5-,6-/m0/s1. The predicted molar refractivity (Wildman–Crippen MR) is 32.6 cm³/mol. The normalized spacial score (nSPS) is 39.8. The van der Waals surface area contributed by atoms with Gasteiger partial charge in [-0.25, -0.2) is 0 Å². The van der Waals surface area contributed by atoms with Gasteiger partial charge in [0.1, 0.15) is 0 Å². The fourth-order valence-corrected chi connectivity index (χ4v) is 0.897. The lowest BCUT2D eigenvalue weighted by Gasteiger charge is -2.24. The molecule has 1 saturated heterocycles. The van der Waals surface area contributed by atoms with Gasteiger partial charge in [-0.05, 0) is 12.3 Å². The van der Waals surface area contributed by atoms with E-state index in [1.54, 1.807) is 0 Å². The fraction of sp³-hybridized carbons (Fsp3) is 1.00. The summed E-state index contributed by atoms with van der Waals surface area (Å²) in [5, 5.41) is 0. The number of hydrogen-bond acceptors (Lipinski definition) is 2. The van der Waals surface area contributed by atoms with Crippen LogP contribution in [0.5, 0.6) is 0 Å². The van der Waals surface area contributed by atoms with E-state index < -0.39 is 0 Å². The summed E-state index contributed by atoms with van der Waals surface area (Å²) in [5.41, 5.74) is 5.70. The molecular weight excluding hydrogens is 102 g/mol. The lowest BCUT2D eigenvalue weighted by molar-refractivity contribution is 0.0491. The molecule has 0 bridgehead atoms. The Morgan fingerprint density at radius 3 is 2.75 bits per heavy atom. The van der Waals surface area contributed by atoms with Crippen LogP contribution in [-0.4, -0.2) is 19.3 Å². The Hall–Kier alpha value is -0.0800. The average Bonchev–Trinajstić information content (AvgIpc) is 1.77. The molecule has 0 saturated carbocycles. The molecule has 48 valence electrons. The summed E-state index contributed by atoms with van der Waals surface area (Å²) in [6.45, 7) is 3.83. The molecule has 1 rings (SSSR count). The van der Waals surface area contributed by atoms with E-state index in [1.165, 1.54) is 0 Å². The van der Waals surface area contributed by atoms with E-state index >= 15 is 0 Å². The van der Waals surface area contributed by atoms with Gasteiger partial charge in [-0.2, -0.15) is 0 Å². The van der Waals surface area contributed by atoms with Crippen molar-refractivity contribution in [3.8, 4) is 0 Å². The highest BCUT2D eigenvalue weighted by atomic mass is 16.5. The Bertz CT molecular complexity index is 64.9. The third-order valence-corrected chi connectivity index (χ3v) is 1.71. The smallest absolute Gasteiger partial charge is 0.0506 e. The van der Waals surface area contributed by atoms with Gasteiger partial charge in [-0.15, -0.1) is 0 Å². The van der Waals surface area contributed by atoms with Gasteiger partial charge in [0, 0.05) is 12.6 Å². The molecular formula is C6H13NO. The molecule has 0 aromatic heterocycles. The molecule has 0 radical (unpaired) electrons. The fourth-order valence-electron chi connectivity index (χ4n) is 0.897. The van der Waals surface area contributed by atoms with Gasteiger partial charge in [0.2, 0.25) is 0 Å². The second-order valence-electron chi connectivity index (χ2n) is 2.50. The first-order chi connectivity index (χ1) is 3.80. The Morgan fingerprint density at radius 2 is 2.38 bits per heavy atom. The van der Waals surface area contributed by atoms with Crippen molar-refractivity contribution >= 4 is 0 Å². The molecule has 2 N–H and O–H groups in total. The van der Waals surface area contributed by atoms with Gasteiger partial charge < -0.3 is 10.5 Å². The van der Waals surface area contributed by atoms with E-state index in [1.807, 2.05) is 0 Å². The molecule has 1 fully saturated rings. The van der Waals surface area contributed by atoms with Crippen LogP contribution in [0, 0.1) is 5.92 Å². The zero-order valence-corrected chi connectivity index (χ0v) is 5.26. The van der Waals surface area contributed by atoms with Gasteiger partial charge >= 0.3 is 0 Å². The first kappa shape index (κ1) is 6.05. The van der Waals surface area contributed by atoms with Crippen LogP contribution in [0.25, 0.3) is 0 Å². The maximum atomic E-state index is 5.70. The van der Waals surface area contributed by atoms with Gasteiger partial charge in [-0.3, -0.25) is 0 Å². The topological polar surface area (TPSA) is 35.2 Å². The summed E-state index contributed by atoms with van der Waals surface area (Å²) in [4.78, 5) is 0. The SMILES string of the molecule is C[C@H]1COCC[C@@H]1N. The van der Waals surface area contributed by atoms with E-state index in [2.05, 4.69) is 6.92 Å². The minimum Gasteiger partial charge on any atom is -0.381 e. The van der Waals surface area contributed by atoms with Crippen LogP contribution < -0.4 is 5.73 Å². The quantitative estimate of drug-likeness (QED) is 0.495. The van der Waals surface area contributed by atoms with Crippen molar-refractivity contribution in [3.63, 3.8) is 0 Å². The van der Waals surface area contributed by atoms with E-state index in [-0.39, 0.29) is 0 Å². The van der Waals surface area contributed by atoms with Crippen molar-refractivity contribution < 1.29 is 4.74 Å². The lowest BCUT2D eigenvalue weighted by Crippen LogP contribution is -2.36. The molecule has 0 amide bonds. The summed E-state index contributed by atoms with van der Waals surface area (Å²) >= 11 is 0. The van der Waals surface area contributed by atoms with Gasteiger partial charge in [0.25, 0.3) is 0 Å². The summed E-state index contributed by atoms with van der Waals surface area (Å²) in [5.74, 6) is 0.559. The monoisotopic (exact) mass is 115 g/mol. The van der Waals surface area contributed by atoms with Crippen molar-refractivity contribution in [2.45, 2.75) is 19.4 Å². The van der Waals surface area contributed by atoms with E-state index in [4.69, 9.17) is 10.5 Å². The third-order valence-electron chi connectivity index (χ3n) is 1.71. The number of nitrogens with two attached hydrogens (primary N) is 1. The Balaban J connectivity index is 2.28. The minimum atomic E-state index is 0.378. The zero-order chi connectivity index (χ0) is 5.98. The van der Waals surface area contributed by atoms with Crippen LogP contribution in [0.4, 0.5) is 0 Å². The van der Waals surface area contributed by atoms with Crippen molar-refractivity contribution in [3.05, 3.63) is 0 Å². The van der Waals surface area contributed by atoms with Crippen LogP contribution in [-0.2, 0) is 4.74 Å². The minimum absolute atomic E-state index is 0.378. The molecule has 0 unspecified atom stereocenters. The van der Waals surface area contributed by atoms with Gasteiger partial charge in [0.15, 0.2) is 0 Å². The Kier molecular flexibility index (Phi) is 1.86. The molecule has 0 spiro atoms. The molecule has 2 nitrogen and oxygen atoms in total. The summed E-state index contributed by atoms with van der Waals surface area (Å²) in [6.07, 6.45) is 1.03. The van der Waals surface area contributed by atoms with Crippen molar-refractivity contribution in [1.82, 2.24) is 0 Å². The molecule has 0 aromatic carbocycles. The van der Waals surface area contributed by atoms with E-state index in [0.29, 0.717) is 12.0 Å². The molecule has 1 aliphatic heterocycles. The second kappa shape index (κ2) is 2.46. The van der Waals surface area contributed by atoms with Crippen molar-refractivity contribution in [1.29, 1.82) is 0 Å². The molecule has 1 aliphatic rings. The first-order valence-corrected chi connectivity index (χ1v) is 3.14. The maximum absolute atomic E-state index is 5.70. The first-order valence-electron chi connectivity index (χ1n) is 3.14. The summed E-state index contributed by atoms with van der Waals surface area (Å²) in [6, 6.07) is 0.378. The van der Waals surface area contributed by atoms with Crippen LogP contribution >= 0.6 is 0 Å². The number of rotatable bonds is 0. The van der Waals surface area contributed by atoms with Crippen molar-refractivity contribution in [2.75, 3.05) is 13.2 Å². The lowest BCUT2D eigenvalue weighted by atomic mass is 9.99. The van der Waals surface area contributed by atoms with E-state index in [0.717, 1.165) is 19.6 Å². The highest BCUT2D eigenvalue weighted by Crippen LogP contribution is 2.10. The van der Waals surface area contributed by atoms with Crippen molar-refractivity contribution in [2.24, 2.45) is 11.7 Å². The zero-order valence-electron chi connectivity index (χ0n) is 5.26. The second-order valence-corrected chi connectivity index (χ2v) is 2.50. The molecule has 2 heteroatoms. The molecule has 8 heavy (non-hydrogen) atoms. The molecule has 1 heterocycles. The highest BCUT2D eigenvalue weighted by molar-refractivity contribution is 4.71. The molecule has 0 aromatic rings. The predicted octanol–water partition coefficient (Wildman–Crippen LogP) is 0.370. The van der Waals surface area contributed by atoms with Gasteiger partial charge in [-0.1, -0.05) is 6.92 Å². The molecule has 2 atom stereocenters. The van der Waals surface area contributed by atoms with Crippen LogP contribution in [0.15, 0.2) is 0 Å². The summed E-state index contributed by atoms with van der Waals surface area (Å²) < 4.78 is 5.17. The third kappa shape index (κ3) is 1.20. The van der Waals surface area contributed by atoms with Crippen LogP contribution in [0.3, 0.4) is 0 Å². The number of ether oxygens (including phenoxy) is 1. The Morgan fingerprint density at radius 1 is 1.62 bits per heavy atom. The Labute approximate surface area is 50.0 Å². The average molecular weight is 115 g/mol. The largest absolute Gasteiger partial charge is 0.381 e. The summed E-state index contributed by atoms with van der Waals surface area (Å²) in [7, 11) is 0.